The third kappa shape index (κ3) is 2.63. The van der Waals surface area contributed by atoms with E-state index in [0.29, 0.717) is 5.69 Å². The SMILES string of the molecule is Cn1cc(C(=O)Nc2cccc3c2[C@H]2CC[C@@H]3C2=C(Cl)Cl)c(C(F)F)n1. The number of nitrogens with zero attached hydrogens (tertiary/aromatic N) is 2. The number of aromatic nitrogens is 2. The fourth-order valence-electron chi connectivity index (χ4n) is 4.19. The summed E-state index contributed by atoms with van der Waals surface area (Å²) in [6, 6.07) is 5.61. The molecule has 1 saturated carbocycles. The summed E-state index contributed by atoms with van der Waals surface area (Å²) in [7, 11) is 1.50. The van der Waals surface area contributed by atoms with Crippen molar-refractivity contribution in [2.45, 2.75) is 31.1 Å². The Bertz CT molecular complexity index is 935. The van der Waals surface area contributed by atoms with E-state index in [2.05, 4.69) is 10.4 Å². The Labute approximate surface area is 158 Å². The fraction of sp³-hybridized carbons (Fsp3) is 0.333. The van der Waals surface area contributed by atoms with E-state index in [1.165, 1.54) is 17.9 Å². The largest absolute Gasteiger partial charge is 0.322 e. The standard InChI is InChI=1S/C18H15Cl2F2N3O/c1-25-7-11(15(24-25)17(21)22)18(26)23-12-4-2-3-8-9-5-6-10(13(8)12)14(9)16(19)20/h2-4,7,9-10,17H,5-6H2,1H3,(H,23,26)/t9-,10+/m0/s1. The Morgan fingerprint density at radius 1 is 1.31 bits per heavy atom. The van der Waals surface area contributed by atoms with Crippen LogP contribution in [0, 0.1) is 0 Å². The van der Waals surface area contributed by atoms with Gasteiger partial charge in [-0.15, -0.1) is 0 Å². The van der Waals surface area contributed by atoms with Crippen LogP contribution in [0.2, 0.25) is 0 Å². The number of fused-ring (bicyclic) bond motifs is 5. The van der Waals surface area contributed by atoms with Gasteiger partial charge >= 0.3 is 0 Å². The van der Waals surface area contributed by atoms with Gasteiger partial charge in [-0.05, 0) is 35.6 Å². The van der Waals surface area contributed by atoms with Crippen LogP contribution < -0.4 is 5.32 Å². The molecule has 1 amide bonds. The van der Waals surface area contributed by atoms with Crippen molar-refractivity contribution in [2.24, 2.45) is 7.05 Å². The smallest absolute Gasteiger partial charge is 0.282 e. The normalized spacial score (nSPS) is 20.6. The number of rotatable bonds is 3. The number of nitrogens with one attached hydrogen (secondary N) is 1. The lowest BCUT2D eigenvalue weighted by Crippen LogP contribution is -2.16. The van der Waals surface area contributed by atoms with Gasteiger partial charge in [0.25, 0.3) is 12.3 Å². The van der Waals surface area contributed by atoms with Crippen molar-refractivity contribution in [3.63, 3.8) is 0 Å². The topological polar surface area (TPSA) is 46.9 Å². The quantitative estimate of drug-likeness (QED) is 0.766. The number of carbonyl (C=O) groups is 1. The number of anilines is 1. The van der Waals surface area contributed by atoms with Gasteiger partial charge in [0, 0.05) is 30.8 Å². The molecule has 1 N–H and O–H groups in total. The Morgan fingerprint density at radius 2 is 2.04 bits per heavy atom. The lowest BCUT2D eigenvalue weighted by atomic mass is 9.90. The molecule has 4 rings (SSSR count). The predicted molar refractivity (Wildman–Crippen MR) is 96.0 cm³/mol. The second-order valence-electron chi connectivity index (χ2n) is 6.56. The zero-order valence-corrected chi connectivity index (χ0v) is 15.3. The minimum atomic E-state index is -2.82. The maximum Gasteiger partial charge on any atom is 0.282 e. The van der Waals surface area contributed by atoms with Gasteiger partial charge in [0.2, 0.25) is 0 Å². The van der Waals surface area contributed by atoms with Crippen molar-refractivity contribution in [2.75, 3.05) is 5.32 Å². The van der Waals surface area contributed by atoms with E-state index in [-0.39, 0.29) is 21.9 Å². The summed E-state index contributed by atoms with van der Waals surface area (Å²) in [5.41, 5.74) is 3.01. The number of aryl methyl sites for hydroxylation is 1. The van der Waals surface area contributed by atoms with Gasteiger partial charge < -0.3 is 5.32 Å². The number of amides is 1. The highest BCUT2D eigenvalue weighted by Crippen LogP contribution is 2.60. The molecule has 26 heavy (non-hydrogen) atoms. The Hall–Kier alpha value is -1.92. The average Bonchev–Trinajstić information content (AvgIpc) is 3.26. The highest BCUT2D eigenvalue weighted by Gasteiger charge is 2.44. The molecular weight excluding hydrogens is 383 g/mol. The van der Waals surface area contributed by atoms with Gasteiger partial charge in [-0.1, -0.05) is 35.3 Å². The maximum absolute atomic E-state index is 13.1. The van der Waals surface area contributed by atoms with E-state index >= 15 is 0 Å². The summed E-state index contributed by atoms with van der Waals surface area (Å²) in [6.45, 7) is 0. The molecule has 0 unspecified atom stereocenters. The molecule has 0 radical (unpaired) electrons. The van der Waals surface area contributed by atoms with E-state index < -0.39 is 18.0 Å². The number of halogens is 4. The predicted octanol–water partition coefficient (Wildman–Crippen LogP) is 5.27. The first-order chi connectivity index (χ1) is 12.4. The zero-order valence-electron chi connectivity index (χ0n) is 13.8. The van der Waals surface area contributed by atoms with Crippen LogP contribution in [0.1, 0.15) is 58.3 Å². The summed E-state index contributed by atoms with van der Waals surface area (Å²) in [5, 5.41) is 6.46. The monoisotopic (exact) mass is 397 g/mol. The van der Waals surface area contributed by atoms with Gasteiger partial charge in [-0.3, -0.25) is 9.48 Å². The molecule has 2 aliphatic carbocycles. The van der Waals surface area contributed by atoms with Crippen LogP contribution in [0.25, 0.3) is 0 Å². The second-order valence-corrected chi connectivity index (χ2v) is 7.51. The molecule has 2 aliphatic rings. The van der Waals surface area contributed by atoms with E-state index in [1.54, 1.807) is 6.07 Å². The maximum atomic E-state index is 13.1. The summed E-state index contributed by atoms with van der Waals surface area (Å²) >= 11 is 12.2. The molecule has 2 atom stereocenters. The van der Waals surface area contributed by atoms with Crippen LogP contribution in [0.5, 0.6) is 0 Å². The molecule has 0 spiro atoms. The number of carbonyl (C=O) groups excluding carboxylic acids is 1. The van der Waals surface area contributed by atoms with Crippen LogP contribution in [0.4, 0.5) is 14.5 Å². The zero-order chi connectivity index (χ0) is 18.6. The van der Waals surface area contributed by atoms with Crippen LogP contribution in [-0.4, -0.2) is 15.7 Å². The molecule has 2 bridgehead atoms. The van der Waals surface area contributed by atoms with Gasteiger partial charge in [0.05, 0.1) is 5.56 Å². The first-order valence-corrected chi connectivity index (χ1v) is 8.95. The van der Waals surface area contributed by atoms with Crippen LogP contribution in [0.15, 0.2) is 34.5 Å². The average molecular weight is 398 g/mol. The van der Waals surface area contributed by atoms with Gasteiger partial charge in [-0.25, -0.2) is 8.78 Å². The lowest BCUT2D eigenvalue weighted by Gasteiger charge is -2.18. The second kappa shape index (κ2) is 6.35. The van der Waals surface area contributed by atoms with Crippen molar-refractivity contribution in [1.82, 2.24) is 9.78 Å². The summed E-state index contributed by atoms with van der Waals surface area (Å²) in [5.74, 6) is -0.390. The van der Waals surface area contributed by atoms with Crippen molar-refractivity contribution >= 4 is 34.8 Å². The third-order valence-corrected chi connectivity index (χ3v) is 5.57. The van der Waals surface area contributed by atoms with E-state index in [9.17, 15) is 13.6 Å². The van der Waals surface area contributed by atoms with E-state index in [4.69, 9.17) is 23.2 Å². The summed E-state index contributed by atoms with van der Waals surface area (Å²) < 4.78 is 27.7. The van der Waals surface area contributed by atoms with Gasteiger partial charge in [0.15, 0.2) is 0 Å². The van der Waals surface area contributed by atoms with Crippen molar-refractivity contribution in [1.29, 1.82) is 0 Å². The first-order valence-electron chi connectivity index (χ1n) is 8.19. The molecule has 136 valence electrons. The number of alkyl halides is 2. The number of hydrogen-bond donors (Lipinski definition) is 1. The number of benzene rings is 1. The van der Waals surface area contributed by atoms with Crippen LogP contribution in [-0.2, 0) is 7.05 Å². The van der Waals surface area contributed by atoms with E-state index in [1.807, 2.05) is 12.1 Å². The third-order valence-electron chi connectivity index (χ3n) is 5.13. The highest BCUT2D eigenvalue weighted by molar-refractivity contribution is 6.56. The summed E-state index contributed by atoms with van der Waals surface area (Å²) in [6.07, 6.45) is 0.343. The van der Waals surface area contributed by atoms with Gasteiger partial charge in [-0.2, -0.15) is 5.10 Å². The van der Waals surface area contributed by atoms with Gasteiger partial charge in [0.1, 0.15) is 10.2 Å². The summed E-state index contributed by atoms with van der Waals surface area (Å²) in [4.78, 5) is 12.6. The van der Waals surface area contributed by atoms with Crippen LogP contribution >= 0.6 is 23.2 Å². The van der Waals surface area contributed by atoms with Crippen molar-refractivity contribution in [3.05, 3.63) is 56.8 Å². The van der Waals surface area contributed by atoms with E-state index in [0.717, 1.165) is 29.5 Å². The molecule has 1 heterocycles. The molecule has 1 aromatic heterocycles. The van der Waals surface area contributed by atoms with Crippen molar-refractivity contribution in [3.8, 4) is 0 Å². The number of hydrogen-bond acceptors (Lipinski definition) is 2. The minimum absolute atomic E-state index is 0.0555. The minimum Gasteiger partial charge on any atom is -0.322 e. The van der Waals surface area contributed by atoms with Crippen molar-refractivity contribution < 1.29 is 13.6 Å². The molecule has 4 nitrogen and oxygen atoms in total. The highest BCUT2D eigenvalue weighted by atomic mass is 35.5. The fourth-order valence-corrected chi connectivity index (χ4v) is 4.72. The molecule has 1 aromatic carbocycles. The molecule has 2 aromatic rings. The Kier molecular flexibility index (Phi) is 4.28. The molecule has 8 heteroatoms. The Morgan fingerprint density at radius 3 is 2.73 bits per heavy atom. The molecule has 0 aliphatic heterocycles. The molecule has 0 saturated heterocycles. The van der Waals surface area contributed by atoms with Crippen LogP contribution in [0.3, 0.4) is 0 Å². The first kappa shape index (κ1) is 17.5. The Balaban J connectivity index is 1.71. The molecule has 1 fully saturated rings. The lowest BCUT2D eigenvalue weighted by molar-refractivity contribution is 0.101. The number of allylic oxidation sites excluding steroid dienone is 1. The molecular formula is C18H15Cl2F2N3O.